The number of pyridine rings is 1. The number of halogens is 4. The van der Waals surface area contributed by atoms with E-state index in [1.54, 1.807) is 19.2 Å². The third kappa shape index (κ3) is 7.12. The zero-order valence-corrected chi connectivity index (χ0v) is 25.2. The van der Waals surface area contributed by atoms with Gasteiger partial charge in [-0.05, 0) is 42.7 Å². The minimum atomic E-state index is -0.981. The van der Waals surface area contributed by atoms with Crippen LogP contribution < -0.4 is 10.2 Å². The van der Waals surface area contributed by atoms with Crippen LogP contribution in [0.2, 0.25) is 0 Å². The van der Waals surface area contributed by atoms with Gasteiger partial charge >= 0.3 is 0 Å². The monoisotopic (exact) mass is 599 g/mol. The van der Waals surface area contributed by atoms with E-state index in [0.29, 0.717) is 39.1 Å². The molecule has 1 aromatic carbocycles. The molecule has 1 N–H and O–H groups in total. The van der Waals surface area contributed by atoms with E-state index >= 15 is 0 Å². The van der Waals surface area contributed by atoms with Gasteiger partial charge in [0.1, 0.15) is 18.1 Å². The van der Waals surface area contributed by atoms with Crippen LogP contribution in [0.15, 0.2) is 36.5 Å². The van der Waals surface area contributed by atoms with Crippen LogP contribution in [-0.4, -0.2) is 98.0 Å². The third-order valence-electron chi connectivity index (χ3n) is 8.14. The van der Waals surface area contributed by atoms with Crippen molar-refractivity contribution in [2.45, 2.75) is 57.0 Å². The van der Waals surface area contributed by atoms with Gasteiger partial charge in [0.15, 0.2) is 0 Å². The van der Waals surface area contributed by atoms with E-state index in [2.05, 4.69) is 42.0 Å². The zero-order valence-electron chi connectivity index (χ0n) is 23.6. The average Bonchev–Trinajstić information content (AvgIpc) is 3.37. The van der Waals surface area contributed by atoms with Crippen LogP contribution in [0.5, 0.6) is 0 Å². The average molecular weight is 601 g/mol. The number of carbonyl (C=O) groups is 1. The van der Waals surface area contributed by atoms with Crippen LogP contribution in [0.1, 0.15) is 37.6 Å². The van der Waals surface area contributed by atoms with E-state index in [-0.39, 0.29) is 60.1 Å². The molecule has 2 aromatic rings. The van der Waals surface area contributed by atoms with Gasteiger partial charge in [-0.1, -0.05) is 26.0 Å². The molecule has 7 nitrogen and oxygen atoms in total. The van der Waals surface area contributed by atoms with Crippen molar-refractivity contribution in [1.29, 1.82) is 0 Å². The number of ether oxygens (including phenoxy) is 1. The molecular weight excluding hydrogens is 559 g/mol. The van der Waals surface area contributed by atoms with Crippen LogP contribution in [0.4, 0.5) is 14.5 Å². The second-order valence-electron chi connectivity index (χ2n) is 11.8. The number of alkyl halides is 1. The summed E-state index contributed by atoms with van der Waals surface area (Å²) in [6.45, 7) is 10.4. The molecule has 0 radical (unpaired) electrons. The maximum absolute atomic E-state index is 14.3. The van der Waals surface area contributed by atoms with E-state index in [4.69, 9.17) is 9.72 Å². The summed E-state index contributed by atoms with van der Waals surface area (Å²) >= 11 is 0. The lowest BCUT2D eigenvalue weighted by Crippen LogP contribution is -2.60. The first kappa shape index (κ1) is 32.6. The molecule has 1 amide bonds. The number of hydrogen-bond acceptors (Lipinski definition) is 6. The first-order valence-corrected chi connectivity index (χ1v) is 13.5. The fraction of sp³-hybridized carbons (Fsp3) is 0.586. The first-order chi connectivity index (χ1) is 18.1. The highest BCUT2D eigenvalue weighted by Crippen LogP contribution is 2.39. The summed E-state index contributed by atoms with van der Waals surface area (Å²) in [7, 11) is 1.56. The highest BCUT2D eigenvalue weighted by molar-refractivity contribution is 5.97. The van der Waals surface area contributed by atoms with Crippen molar-refractivity contribution in [3.05, 3.63) is 59.2 Å². The molecule has 3 aliphatic heterocycles. The number of likely N-dealkylation sites (tertiary alicyclic amines) is 1. The minimum Gasteiger partial charge on any atom is -0.377 e. The summed E-state index contributed by atoms with van der Waals surface area (Å²) in [6.07, 6.45) is 1.12. The molecule has 1 aromatic heterocycles. The number of amides is 1. The fourth-order valence-electron chi connectivity index (χ4n) is 6.08. The van der Waals surface area contributed by atoms with Crippen LogP contribution in [-0.2, 0) is 21.4 Å². The Morgan fingerprint density at radius 1 is 1.15 bits per heavy atom. The van der Waals surface area contributed by atoms with Crippen molar-refractivity contribution >= 4 is 36.4 Å². The van der Waals surface area contributed by atoms with E-state index in [1.165, 1.54) is 12.1 Å². The topological polar surface area (TPSA) is 60.9 Å². The van der Waals surface area contributed by atoms with Crippen molar-refractivity contribution in [2.75, 3.05) is 57.8 Å². The molecule has 0 bridgehead atoms. The molecule has 5 rings (SSSR count). The number of nitrogens with zero attached hydrogens (tertiary/aromatic N) is 4. The van der Waals surface area contributed by atoms with E-state index in [9.17, 15) is 13.6 Å². The van der Waals surface area contributed by atoms with Gasteiger partial charge in [-0.3, -0.25) is 19.6 Å². The van der Waals surface area contributed by atoms with Gasteiger partial charge in [0.05, 0.1) is 17.9 Å². The normalized spacial score (nSPS) is 26.2. The van der Waals surface area contributed by atoms with E-state index < -0.39 is 6.17 Å². The number of carbonyl (C=O) groups excluding carboxylic acids is 1. The number of piperazine rings is 1. The lowest BCUT2D eigenvalue weighted by atomic mass is 9.91. The lowest BCUT2D eigenvalue weighted by Gasteiger charge is -2.41. The maximum Gasteiger partial charge on any atom is 0.241 e. The summed E-state index contributed by atoms with van der Waals surface area (Å²) in [5, 5.41) is 3.53. The largest absolute Gasteiger partial charge is 0.377 e. The molecule has 0 spiro atoms. The first-order valence-electron chi connectivity index (χ1n) is 13.5. The van der Waals surface area contributed by atoms with Crippen molar-refractivity contribution in [2.24, 2.45) is 0 Å². The predicted octanol–water partition coefficient (Wildman–Crippen LogP) is 3.61. The second-order valence-corrected chi connectivity index (χ2v) is 11.8. The Bertz CT molecular complexity index is 1160. The molecule has 11 heteroatoms. The van der Waals surface area contributed by atoms with Gasteiger partial charge in [-0.15, -0.1) is 24.8 Å². The number of hydrogen-bond donors (Lipinski definition) is 1. The van der Waals surface area contributed by atoms with Gasteiger partial charge in [0.25, 0.3) is 0 Å². The molecule has 0 unspecified atom stereocenters. The number of methoxy groups -OCH3 is 1. The predicted molar refractivity (Wildman–Crippen MR) is 158 cm³/mol. The van der Waals surface area contributed by atoms with Crippen LogP contribution in [0.3, 0.4) is 0 Å². The number of benzene rings is 1. The Kier molecular flexibility index (Phi) is 10.9. The molecule has 2 saturated heterocycles. The summed E-state index contributed by atoms with van der Waals surface area (Å²) in [5.41, 5.74) is 3.52. The molecule has 4 heterocycles. The number of nitrogens with one attached hydrogen (secondary N) is 1. The van der Waals surface area contributed by atoms with E-state index in [1.807, 2.05) is 11.1 Å². The maximum atomic E-state index is 14.3. The zero-order chi connectivity index (χ0) is 27.0. The van der Waals surface area contributed by atoms with Gasteiger partial charge in [0, 0.05) is 70.1 Å². The minimum absolute atomic E-state index is 0. The van der Waals surface area contributed by atoms with Crippen molar-refractivity contribution < 1.29 is 18.3 Å². The lowest BCUT2D eigenvalue weighted by molar-refractivity contribution is -0.120. The van der Waals surface area contributed by atoms with Gasteiger partial charge < -0.3 is 15.0 Å². The Morgan fingerprint density at radius 3 is 2.55 bits per heavy atom. The van der Waals surface area contributed by atoms with Crippen molar-refractivity contribution in [1.82, 2.24) is 20.1 Å². The third-order valence-corrected chi connectivity index (χ3v) is 8.14. The fourth-order valence-corrected chi connectivity index (χ4v) is 6.08. The van der Waals surface area contributed by atoms with Crippen LogP contribution in [0, 0.1) is 5.82 Å². The summed E-state index contributed by atoms with van der Waals surface area (Å²) in [6, 6.07) is 8.92. The van der Waals surface area contributed by atoms with Gasteiger partial charge in [-0.2, -0.15) is 0 Å². The SMILES string of the molecule is CO[C@@H]1CN(C[C@H]2CN[C@H](C)CN2CC(=O)N2CC(C)(C)c3ncc(Cc4ccc(F)cc4)cc32)C[C@@H]1F.Cl.Cl. The number of aromatic nitrogens is 1. The number of fused-ring (bicyclic) bond motifs is 1. The van der Waals surface area contributed by atoms with Crippen molar-refractivity contribution in [3.63, 3.8) is 0 Å². The standard InChI is InChI=1S/C29H39F2N5O2.2ClH/c1-19-13-35(23(12-32-19)14-34-15-24(31)26(16-34)38-4)17-27(37)36-18-29(2,3)28-25(36)10-21(11-33-28)9-20-5-7-22(30)8-6-20;;/h5-8,10-11,19,23-24,26,32H,9,12-18H2,1-4H3;2*1H/t19-,23-,24+,26-;;/m1../s1. The number of anilines is 1. The molecule has 2 fully saturated rings. The van der Waals surface area contributed by atoms with Gasteiger partial charge in [-0.25, -0.2) is 8.78 Å². The highest BCUT2D eigenvalue weighted by Gasteiger charge is 2.41. The summed E-state index contributed by atoms with van der Waals surface area (Å²) < 4.78 is 32.9. The van der Waals surface area contributed by atoms with Crippen molar-refractivity contribution in [3.8, 4) is 0 Å². The Labute approximate surface area is 248 Å². The van der Waals surface area contributed by atoms with Crippen LogP contribution in [0.25, 0.3) is 0 Å². The Balaban J connectivity index is 0.00000220. The molecular formula is C29H41Cl2F2N5O2. The number of rotatable bonds is 7. The quantitative estimate of drug-likeness (QED) is 0.525. The molecule has 222 valence electrons. The van der Waals surface area contributed by atoms with E-state index in [0.717, 1.165) is 35.6 Å². The molecule has 3 aliphatic rings. The molecule has 0 saturated carbocycles. The molecule has 40 heavy (non-hydrogen) atoms. The van der Waals surface area contributed by atoms with Gasteiger partial charge in [0.2, 0.25) is 5.91 Å². The Morgan fingerprint density at radius 2 is 1.88 bits per heavy atom. The molecule has 4 atom stereocenters. The van der Waals surface area contributed by atoms with Crippen LogP contribution >= 0.6 is 24.8 Å². The summed E-state index contributed by atoms with van der Waals surface area (Å²) in [4.78, 5) is 24.8. The second kappa shape index (κ2) is 13.4. The summed E-state index contributed by atoms with van der Waals surface area (Å²) in [5.74, 6) is -0.205. The molecule has 0 aliphatic carbocycles. The Hall–Kier alpha value is -1.88. The highest BCUT2D eigenvalue weighted by atomic mass is 35.5. The smallest absolute Gasteiger partial charge is 0.241 e.